The van der Waals surface area contributed by atoms with E-state index in [1.807, 2.05) is 19.1 Å². The molecule has 0 saturated heterocycles. The number of benzene rings is 1. The molecule has 0 radical (unpaired) electrons. The minimum atomic E-state index is -0.134. The zero-order valence-electron chi connectivity index (χ0n) is 11.1. The number of allylic oxidation sites excluding steroid dienone is 1. The monoisotopic (exact) mass is 278 g/mol. The molecular weight excluding hydrogens is 260 g/mol. The van der Waals surface area contributed by atoms with E-state index in [2.05, 4.69) is 10.6 Å². The van der Waals surface area contributed by atoms with E-state index >= 15 is 0 Å². The van der Waals surface area contributed by atoms with Crippen molar-refractivity contribution in [2.75, 3.05) is 22.1 Å². The van der Waals surface area contributed by atoms with E-state index < -0.39 is 0 Å². The number of carbonyl (C=O) groups excluding carboxylic acids is 2. The van der Waals surface area contributed by atoms with Gasteiger partial charge in [-0.3, -0.25) is 9.59 Å². The van der Waals surface area contributed by atoms with Crippen LogP contribution in [0.4, 0.5) is 11.4 Å². The van der Waals surface area contributed by atoms with Gasteiger partial charge in [0.2, 0.25) is 11.8 Å². The molecule has 1 rings (SSSR count). The van der Waals surface area contributed by atoms with E-state index in [1.165, 1.54) is 6.92 Å². The predicted molar refractivity (Wildman–Crippen MR) is 81.5 cm³/mol. The lowest BCUT2D eigenvalue weighted by atomic mass is 10.2. The second kappa shape index (κ2) is 8.37. The van der Waals surface area contributed by atoms with Gasteiger partial charge in [-0.2, -0.15) is 0 Å². The molecule has 0 aliphatic rings. The number of carbonyl (C=O) groups is 2. The van der Waals surface area contributed by atoms with E-state index in [-0.39, 0.29) is 11.8 Å². The Morgan fingerprint density at radius 1 is 1.26 bits per heavy atom. The zero-order chi connectivity index (χ0) is 14.1. The first-order chi connectivity index (χ1) is 9.11. The number of thioether (sulfide) groups is 1. The van der Waals surface area contributed by atoms with Gasteiger partial charge in [-0.05, 0) is 25.1 Å². The molecule has 0 bridgehead atoms. The summed E-state index contributed by atoms with van der Waals surface area (Å²) < 4.78 is 0. The fourth-order valence-electron chi connectivity index (χ4n) is 1.39. The van der Waals surface area contributed by atoms with Crippen molar-refractivity contribution < 1.29 is 9.59 Å². The fraction of sp³-hybridized carbons (Fsp3) is 0.286. The van der Waals surface area contributed by atoms with Crippen molar-refractivity contribution in [3.05, 3.63) is 36.4 Å². The molecule has 4 nitrogen and oxygen atoms in total. The average Bonchev–Trinajstić information content (AvgIpc) is 2.34. The number of hydrogen-bond donors (Lipinski definition) is 2. The van der Waals surface area contributed by atoms with E-state index in [4.69, 9.17) is 0 Å². The molecule has 0 atom stereocenters. The van der Waals surface area contributed by atoms with Crippen molar-refractivity contribution in [1.29, 1.82) is 0 Å². The van der Waals surface area contributed by atoms with Crippen LogP contribution in [0.1, 0.15) is 13.8 Å². The Morgan fingerprint density at radius 2 is 1.95 bits per heavy atom. The molecule has 1 aromatic carbocycles. The van der Waals surface area contributed by atoms with Gasteiger partial charge in [-0.15, -0.1) is 11.8 Å². The van der Waals surface area contributed by atoms with Crippen LogP contribution in [-0.4, -0.2) is 23.3 Å². The highest BCUT2D eigenvalue weighted by atomic mass is 32.2. The zero-order valence-corrected chi connectivity index (χ0v) is 11.9. The first-order valence-corrected chi connectivity index (χ1v) is 7.13. The molecule has 5 heteroatoms. The Hall–Kier alpha value is -1.75. The molecule has 0 saturated carbocycles. The van der Waals surface area contributed by atoms with Gasteiger partial charge in [0.15, 0.2) is 0 Å². The van der Waals surface area contributed by atoms with Gasteiger partial charge >= 0.3 is 0 Å². The maximum atomic E-state index is 11.7. The number of nitrogens with one attached hydrogen (secondary N) is 2. The number of hydrogen-bond acceptors (Lipinski definition) is 3. The van der Waals surface area contributed by atoms with Gasteiger partial charge in [-0.25, -0.2) is 0 Å². The summed E-state index contributed by atoms with van der Waals surface area (Å²) in [5.74, 6) is 1.06. The Bertz CT molecular complexity index is 472. The van der Waals surface area contributed by atoms with Crippen molar-refractivity contribution in [3.8, 4) is 0 Å². The number of rotatable bonds is 6. The van der Waals surface area contributed by atoms with Crippen LogP contribution in [-0.2, 0) is 9.59 Å². The van der Waals surface area contributed by atoms with Crippen LogP contribution >= 0.6 is 11.8 Å². The van der Waals surface area contributed by atoms with E-state index in [1.54, 1.807) is 36.0 Å². The molecule has 0 fully saturated rings. The van der Waals surface area contributed by atoms with E-state index in [0.717, 1.165) is 5.75 Å². The van der Waals surface area contributed by atoms with Gasteiger partial charge in [0.05, 0.1) is 5.75 Å². The van der Waals surface area contributed by atoms with Crippen molar-refractivity contribution in [2.45, 2.75) is 13.8 Å². The normalized spacial score (nSPS) is 10.4. The maximum Gasteiger partial charge on any atom is 0.234 e. The third-order valence-corrected chi connectivity index (χ3v) is 3.04. The van der Waals surface area contributed by atoms with Crippen LogP contribution in [0, 0.1) is 0 Å². The third kappa shape index (κ3) is 6.67. The highest BCUT2D eigenvalue weighted by Gasteiger charge is 2.03. The Balaban J connectivity index is 2.47. The summed E-state index contributed by atoms with van der Waals surface area (Å²) in [6, 6.07) is 7.08. The molecule has 0 heterocycles. The average molecular weight is 278 g/mol. The fourth-order valence-corrected chi connectivity index (χ4v) is 2.09. The largest absolute Gasteiger partial charge is 0.326 e. The molecular formula is C14H18N2O2S. The first kappa shape index (κ1) is 15.3. The lowest BCUT2D eigenvalue weighted by molar-refractivity contribution is -0.114. The molecule has 2 N–H and O–H groups in total. The summed E-state index contributed by atoms with van der Waals surface area (Å²) in [7, 11) is 0. The molecule has 1 aromatic rings. The van der Waals surface area contributed by atoms with Crippen LogP contribution < -0.4 is 10.6 Å². The lowest BCUT2D eigenvalue weighted by Gasteiger charge is -2.07. The summed E-state index contributed by atoms with van der Waals surface area (Å²) >= 11 is 1.55. The highest BCUT2D eigenvalue weighted by Crippen LogP contribution is 2.15. The molecule has 0 aromatic heterocycles. The minimum absolute atomic E-state index is 0.0468. The van der Waals surface area contributed by atoms with Crippen molar-refractivity contribution in [1.82, 2.24) is 0 Å². The number of amides is 2. The summed E-state index contributed by atoms with van der Waals surface area (Å²) in [5, 5.41) is 5.47. The van der Waals surface area contributed by atoms with Crippen molar-refractivity contribution in [3.63, 3.8) is 0 Å². The molecule has 19 heavy (non-hydrogen) atoms. The molecule has 102 valence electrons. The van der Waals surface area contributed by atoms with E-state index in [0.29, 0.717) is 17.1 Å². The Labute approximate surface area is 117 Å². The summed E-state index contributed by atoms with van der Waals surface area (Å²) in [6.07, 6.45) is 3.97. The van der Waals surface area contributed by atoms with Crippen LogP contribution in [0.25, 0.3) is 0 Å². The predicted octanol–water partition coefficient (Wildman–Crippen LogP) is 2.89. The van der Waals surface area contributed by atoms with Gasteiger partial charge in [-0.1, -0.05) is 18.2 Å². The van der Waals surface area contributed by atoms with Gasteiger partial charge < -0.3 is 10.6 Å². The van der Waals surface area contributed by atoms with Crippen molar-refractivity contribution >= 4 is 35.0 Å². The van der Waals surface area contributed by atoms with Crippen LogP contribution in [0.5, 0.6) is 0 Å². The number of anilines is 2. The molecule has 0 unspecified atom stereocenters. The summed E-state index contributed by atoms with van der Waals surface area (Å²) in [6.45, 7) is 3.40. The molecule has 2 amide bonds. The second-order valence-electron chi connectivity index (χ2n) is 3.89. The summed E-state index contributed by atoms with van der Waals surface area (Å²) in [5.41, 5.74) is 1.36. The molecule has 0 aliphatic carbocycles. The Morgan fingerprint density at radius 3 is 2.58 bits per heavy atom. The van der Waals surface area contributed by atoms with Gasteiger partial charge in [0.1, 0.15) is 0 Å². The standard InChI is InChI=1S/C14H18N2O2S/c1-3-4-8-19-10-14(18)16-13-7-5-6-12(9-13)15-11(2)17/h3-7,9H,8,10H2,1-2H3,(H,15,17)(H,16,18)/b4-3+. The lowest BCUT2D eigenvalue weighted by Crippen LogP contribution is -2.14. The van der Waals surface area contributed by atoms with Gasteiger partial charge in [0, 0.05) is 24.1 Å². The van der Waals surface area contributed by atoms with Crippen LogP contribution in [0.3, 0.4) is 0 Å². The maximum absolute atomic E-state index is 11.7. The quantitative estimate of drug-likeness (QED) is 0.621. The van der Waals surface area contributed by atoms with Crippen LogP contribution in [0.2, 0.25) is 0 Å². The topological polar surface area (TPSA) is 58.2 Å². The molecule has 0 aliphatic heterocycles. The van der Waals surface area contributed by atoms with E-state index in [9.17, 15) is 9.59 Å². The minimum Gasteiger partial charge on any atom is -0.326 e. The molecule has 0 spiro atoms. The SMILES string of the molecule is C/C=C/CSCC(=O)Nc1cccc(NC(C)=O)c1. The Kier molecular flexibility index (Phi) is 6.74. The third-order valence-electron chi connectivity index (χ3n) is 2.15. The summed E-state index contributed by atoms with van der Waals surface area (Å²) in [4.78, 5) is 22.6. The van der Waals surface area contributed by atoms with Gasteiger partial charge in [0.25, 0.3) is 0 Å². The van der Waals surface area contributed by atoms with Crippen molar-refractivity contribution in [2.24, 2.45) is 0 Å². The highest BCUT2D eigenvalue weighted by molar-refractivity contribution is 8.00. The smallest absolute Gasteiger partial charge is 0.234 e. The first-order valence-electron chi connectivity index (χ1n) is 5.98. The second-order valence-corrected chi connectivity index (χ2v) is 4.92. The van der Waals surface area contributed by atoms with Crippen LogP contribution in [0.15, 0.2) is 36.4 Å².